The van der Waals surface area contributed by atoms with Gasteiger partial charge in [0.25, 0.3) is 0 Å². The average Bonchev–Trinajstić information content (AvgIpc) is 2.92. The molecule has 0 amide bonds. The number of ether oxygens (including phenoxy) is 2. The highest BCUT2D eigenvalue weighted by atomic mass is 16.8. The first-order valence-electron chi connectivity index (χ1n) is 7.30. The Morgan fingerprint density at radius 3 is 2.62 bits per heavy atom. The van der Waals surface area contributed by atoms with E-state index in [9.17, 15) is 4.79 Å². The standard InChI is InChI=1S/C16H21NO4/c1-11-14(13-10-19-16(2,3)20-13)17(21-15(11)18)9-12-7-5-4-6-8-12/h4-8,11,13-14H,9-10H2,1-3H3/t11-,13+,14+/m0/s1. The van der Waals surface area contributed by atoms with Gasteiger partial charge in [-0.2, -0.15) is 0 Å². The number of carbonyl (C=O) groups excluding carboxylic acids is 1. The topological polar surface area (TPSA) is 48.0 Å². The number of nitrogens with zero attached hydrogens (tertiary/aromatic N) is 1. The highest BCUT2D eigenvalue weighted by Gasteiger charge is 2.49. The average molecular weight is 291 g/mol. The van der Waals surface area contributed by atoms with Crippen molar-refractivity contribution in [2.45, 2.75) is 45.2 Å². The van der Waals surface area contributed by atoms with Crippen molar-refractivity contribution in [2.24, 2.45) is 5.92 Å². The van der Waals surface area contributed by atoms with Crippen LogP contribution >= 0.6 is 0 Å². The SMILES string of the molecule is C[C@@H]1C(=O)ON(Cc2ccccc2)[C@H]1[C@H]1COC(C)(C)O1. The lowest BCUT2D eigenvalue weighted by Gasteiger charge is -2.27. The molecule has 0 aliphatic carbocycles. The molecule has 114 valence electrons. The molecule has 21 heavy (non-hydrogen) atoms. The Morgan fingerprint density at radius 1 is 1.29 bits per heavy atom. The predicted octanol–water partition coefficient (Wildman–Crippen LogP) is 2.12. The van der Waals surface area contributed by atoms with Crippen LogP contribution in [0.1, 0.15) is 26.3 Å². The van der Waals surface area contributed by atoms with Crippen LogP contribution in [-0.2, 0) is 25.7 Å². The van der Waals surface area contributed by atoms with Crippen molar-refractivity contribution in [3.05, 3.63) is 35.9 Å². The summed E-state index contributed by atoms with van der Waals surface area (Å²) in [5.74, 6) is -1.03. The molecule has 2 fully saturated rings. The molecule has 0 aromatic heterocycles. The van der Waals surface area contributed by atoms with Crippen LogP contribution in [0.15, 0.2) is 30.3 Å². The van der Waals surface area contributed by atoms with Gasteiger partial charge in [0.15, 0.2) is 5.79 Å². The monoisotopic (exact) mass is 291 g/mol. The molecule has 5 nitrogen and oxygen atoms in total. The van der Waals surface area contributed by atoms with E-state index in [-0.39, 0.29) is 24.0 Å². The minimum Gasteiger partial charge on any atom is -0.367 e. The normalized spacial score (nSPS) is 32.3. The lowest BCUT2D eigenvalue weighted by Crippen LogP contribution is -2.43. The Kier molecular flexibility index (Phi) is 3.73. The van der Waals surface area contributed by atoms with Gasteiger partial charge in [0.05, 0.1) is 25.1 Å². The van der Waals surface area contributed by atoms with E-state index < -0.39 is 5.79 Å². The second kappa shape index (κ2) is 5.40. The Balaban J connectivity index is 1.77. The van der Waals surface area contributed by atoms with Crippen molar-refractivity contribution in [3.8, 4) is 0 Å². The van der Waals surface area contributed by atoms with E-state index in [4.69, 9.17) is 14.3 Å². The summed E-state index contributed by atoms with van der Waals surface area (Å²) < 4.78 is 11.6. The highest BCUT2D eigenvalue weighted by molar-refractivity contribution is 5.74. The predicted molar refractivity (Wildman–Crippen MR) is 75.9 cm³/mol. The molecular weight excluding hydrogens is 270 g/mol. The fraction of sp³-hybridized carbons (Fsp3) is 0.562. The summed E-state index contributed by atoms with van der Waals surface area (Å²) in [4.78, 5) is 17.4. The van der Waals surface area contributed by atoms with Crippen molar-refractivity contribution in [1.29, 1.82) is 0 Å². The molecule has 5 heteroatoms. The second-order valence-electron chi connectivity index (χ2n) is 6.12. The van der Waals surface area contributed by atoms with Gasteiger partial charge in [-0.1, -0.05) is 37.3 Å². The Bertz CT molecular complexity index is 516. The summed E-state index contributed by atoms with van der Waals surface area (Å²) in [5, 5.41) is 1.73. The van der Waals surface area contributed by atoms with Gasteiger partial charge in [0, 0.05) is 0 Å². The van der Waals surface area contributed by atoms with Crippen molar-refractivity contribution in [2.75, 3.05) is 6.61 Å². The minimum atomic E-state index is -0.603. The third-order valence-electron chi connectivity index (χ3n) is 4.02. The van der Waals surface area contributed by atoms with Gasteiger partial charge in [-0.25, -0.2) is 4.79 Å². The van der Waals surface area contributed by atoms with Crippen LogP contribution in [-0.4, -0.2) is 35.6 Å². The third kappa shape index (κ3) is 2.95. The van der Waals surface area contributed by atoms with Crippen LogP contribution in [0.2, 0.25) is 0 Å². The van der Waals surface area contributed by atoms with Crippen LogP contribution in [0.25, 0.3) is 0 Å². The van der Waals surface area contributed by atoms with Gasteiger partial charge in [-0.05, 0) is 19.4 Å². The Hall–Kier alpha value is -1.43. The molecule has 3 atom stereocenters. The van der Waals surface area contributed by atoms with E-state index in [1.807, 2.05) is 51.1 Å². The number of hydrogen-bond acceptors (Lipinski definition) is 5. The van der Waals surface area contributed by atoms with Crippen molar-refractivity contribution >= 4 is 5.97 Å². The van der Waals surface area contributed by atoms with Gasteiger partial charge in [0.2, 0.25) is 0 Å². The zero-order chi connectivity index (χ0) is 15.0. The molecule has 2 aliphatic heterocycles. The third-order valence-corrected chi connectivity index (χ3v) is 4.02. The van der Waals surface area contributed by atoms with Crippen LogP contribution in [0.4, 0.5) is 0 Å². The fourth-order valence-corrected chi connectivity index (χ4v) is 2.94. The number of hydrogen-bond donors (Lipinski definition) is 0. The minimum absolute atomic E-state index is 0.125. The lowest BCUT2D eigenvalue weighted by atomic mass is 9.97. The molecule has 0 unspecified atom stereocenters. The van der Waals surface area contributed by atoms with Crippen LogP contribution in [0, 0.1) is 5.92 Å². The molecule has 1 aromatic carbocycles. The molecule has 3 rings (SSSR count). The summed E-state index contributed by atoms with van der Waals surface area (Å²) in [5.41, 5.74) is 1.10. The number of hydroxylamine groups is 2. The lowest BCUT2D eigenvalue weighted by molar-refractivity contribution is -0.191. The van der Waals surface area contributed by atoms with Gasteiger partial charge in [-0.3, -0.25) is 0 Å². The van der Waals surface area contributed by atoms with Crippen LogP contribution < -0.4 is 0 Å². The van der Waals surface area contributed by atoms with E-state index >= 15 is 0 Å². The quantitative estimate of drug-likeness (QED) is 0.853. The maximum Gasteiger partial charge on any atom is 0.329 e. The maximum atomic E-state index is 11.9. The van der Waals surface area contributed by atoms with E-state index in [0.717, 1.165) is 5.56 Å². The Morgan fingerprint density at radius 2 is 2.00 bits per heavy atom. The molecular formula is C16H21NO4. The molecule has 2 heterocycles. The van der Waals surface area contributed by atoms with Gasteiger partial charge >= 0.3 is 5.97 Å². The number of carbonyl (C=O) groups is 1. The fourth-order valence-electron chi connectivity index (χ4n) is 2.94. The molecule has 0 spiro atoms. The van der Waals surface area contributed by atoms with E-state index in [1.165, 1.54) is 0 Å². The molecule has 2 aliphatic rings. The number of rotatable bonds is 3. The zero-order valence-corrected chi connectivity index (χ0v) is 12.6. The van der Waals surface area contributed by atoms with Crippen molar-refractivity contribution in [3.63, 3.8) is 0 Å². The summed E-state index contributed by atoms with van der Waals surface area (Å²) in [7, 11) is 0. The summed E-state index contributed by atoms with van der Waals surface area (Å²) in [6.45, 7) is 6.69. The van der Waals surface area contributed by atoms with E-state index in [2.05, 4.69) is 0 Å². The second-order valence-corrected chi connectivity index (χ2v) is 6.12. The maximum absolute atomic E-state index is 11.9. The summed E-state index contributed by atoms with van der Waals surface area (Å²) >= 11 is 0. The van der Waals surface area contributed by atoms with E-state index in [0.29, 0.717) is 13.2 Å². The zero-order valence-electron chi connectivity index (χ0n) is 12.6. The van der Waals surface area contributed by atoms with Crippen molar-refractivity contribution in [1.82, 2.24) is 5.06 Å². The summed E-state index contributed by atoms with van der Waals surface area (Å²) in [6, 6.07) is 9.83. The van der Waals surface area contributed by atoms with Crippen LogP contribution in [0.3, 0.4) is 0 Å². The van der Waals surface area contributed by atoms with Crippen molar-refractivity contribution < 1.29 is 19.1 Å². The van der Waals surface area contributed by atoms with E-state index in [1.54, 1.807) is 5.06 Å². The molecule has 2 saturated heterocycles. The molecule has 1 aromatic rings. The first-order valence-corrected chi connectivity index (χ1v) is 7.30. The summed E-state index contributed by atoms with van der Waals surface area (Å²) in [6.07, 6.45) is -0.162. The van der Waals surface area contributed by atoms with Gasteiger partial charge in [0.1, 0.15) is 6.10 Å². The highest BCUT2D eigenvalue weighted by Crippen LogP contribution is 2.34. The molecule has 0 radical (unpaired) electrons. The molecule has 0 bridgehead atoms. The molecule has 0 N–H and O–H groups in total. The van der Waals surface area contributed by atoms with Crippen LogP contribution in [0.5, 0.6) is 0 Å². The Labute approximate surface area is 124 Å². The van der Waals surface area contributed by atoms with Gasteiger partial charge < -0.3 is 14.3 Å². The first kappa shape index (κ1) is 14.5. The van der Waals surface area contributed by atoms with Gasteiger partial charge in [-0.15, -0.1) is 5.06 Å². The molecule has 0 saturated carbocycles. The largest absolute Gasteiger partial charge is 0.367 e. The first-order chi connectivity index (χ1) is 9.96. The number of benzene rings is 1. The smallest absolute Gasteiger partial charge is 0.329 e.